The van der Waals surface area contributed by atoms with E-state index in [0.29, 0.717) is 5.56 Å². The molecule has 0 radical (unpaired) electrons. The molecule has 0 heterocycles. The Kier molecular flexibility index (Phi) is 7.15. The minimum Gasteiger partial charge on any atom is -0.509 e. The standard InChI is InChI=1S/C22H23N3O5/c1-22(2,3)30-21(27)24-19(13-15-7-5-4-6-8-15)20(26)18(14-23)16-9-11-17(12-10-16)25(28)29/h4-12,19,26H,13H2,1-3H3,(H,24,27)/b20-18-/t19-/m1/s1. The molecule has 30 heavy (non-hydrogen) atoms. The lowest BCUT2D eigenvalue weighted by Crippen LogP contribution is -2.41. The monoisotopic (exact) mass is 409 g/mol. The van der Waals surface area contributed by atoms with Crippen LogP contribution in [0.2, 0.25) is 0 Å². The van der Waals surface area contributed by atoms with Crippen molar-refractivity contribution in [3.8, 4) is 6.07 Å². The summed E-state index contributed by atoms with van der Waals surface area (Å²) >= 11 is 0. The van der Waals surface area contributed by atoms with Gasteiger partial charge in [-0.2, -0.15) is 5.26 Å². The maximum absolute atomic E-state index is 12.3. The van der Waals surface area contributed by atoms with E-state index in [-0.39, 0.29) is 23.4 Å². The number of hydrogen-bond acceptors (Lipinski definition) is 6. The first kappa shape index (κ1) is 22.4. The van der Waals surface area contributed by atoms with Crippen molar-refractivity contribution >= 4 is 17.4 Å². The van der Waals surface area contributed by atoms with Crippen LogP contribution in [-0.4, -0.2) is 27.8 Å². The second-order valence-corrected chi connectivity index (χ2v) is 7.56. The lowest BCUT2D eigenvalue weighted by molar-refractivity contribution is -0.384. The Balaban J connectivity index is 2.41. The molecule has 0 aliphatic rings. The fourth-order valence-electron chi connectivity index (χ4n) is 2.71. The molecule has 8 heteroatoms. The zero-order valence-electron chi connectivity index (χ0n) is 17.0. The van der Waals surface area contributed by atoms with E-state index in [1.807, 2.05) is 36.4 Å². The molecule has 0 aromatic heterocycles. The van der Waals surface area contributed by atoms with E-state index in [2.05, 4.69) is 5.32 Å². The van der Waals surface area contributed by atoms with Crippen molar-refractivity contribution in [2.45, 2.75) is 38.8 Å². The van der Waals surface area contributed by atoms with Gasteiger partial charge in [0.15, 0.2) is 0 Å². The number of ether oxygens (including phenoxy) is 1. The highest BCUT2D eigenvalue weighted by Gasteiger charge is 2.25. The summed E-state index contributed by atoms with van der Waals surface area (Å²) in [6.45, 7) is 5.14. The van der Waals surface area contributed by atoms with E-state index >= 15 is 0 Å². The number of allylic oxidation sites excluding steroid dienone is 1. The van der Waals surface area contributed by atoms with Gasteiger partial charge in [-0.1, -0.05) is 30.3 Å². The number of nitrogens with zero attached hydrogens (tertiary/aromatic N) is 2. The van der Waals surface area contributed by atoms with Crippen molar-refractivity contribution < 1.29 is 19.6 Å². The van der Waals surface area contributed by atoms with E-state index in [9.17, 15) is 25.3 Å². The summed E-state index contributed by atoms with van der Waals surface area (Å²) in [5.41, 5.74) is 0.151. The average molecular weight is 409 g/mol. The molecule has 2 rings (SSSR count). The topological polar surface area (TPSA) is 125 Å². The van der Waals surface area contributed by atoms with Gasteiger partial charge in [-0.05, 0) is 44.0 Å². The largest absolute Gasteiger partial charge is 0.509 e. The number of aliphatic hydroxyl groups excluding tert-OH is 1. The van der Waals surface area contributed by atoms with Gasteiger partial charge in [-0.3, -0.25) is 10.1 Å². The molecule has 0 fully saturated rings. The first-order valence-electron chi connectivity index (χ1n) is 9.22. The van der Waals surface area contributed by atoms with Crippen LogP contribution in [0.5, 0.6) is 0 Å². The minimum atomic E-state index is -0.938. The van der Waals surface area contributed by atoms with Crippen LogP contribution in [0.25, 0.3) is 5.57 Å². The summed E-state index contributed by atoms with van der Waals surface area (Å²) < 4.78 is 5.28. The fourth-order valence-corrected chi connectivity index (χ4v) is 2.71. The van der Waals surface area contributed by atoms with Gasteiger partial charge in [0.05, 0.1) is 16.5 Å². The Morgan fingerprint density at radius 1 is 1.20 bits per heavy atom. The summed E-state index contributed by atoms with van der Waals surface area (Å²) in [6.07, 6.45) is -0.527. The number of rotatable bonds is 6. The molecule has 0 unspecified atom stereocenters. The molecule has 2 N–H and O–H groups in total. The van der Waals surface area contributed by atoms with Crippen LogP contribution in [0.4, 0.5) is 10.5 Å². The lowest BCUT2D eigenvalue weighted by atomic mass is 9.98. The Morgan fingerprint density at radius 3 is 2.30 bits per heavy atom. The van der Waals surface area contributed by atoms with Gasteiger partial charge in [0, 0.05) is 18.6 Å². The van der Waals surface area contributed by atoms with Crippen molar-refractivity contribution in [3.05, 3.63) is 81.6 Å². The molecule has 0 saturated heterocycles. The number of nitriles is 1. The van der Waals surface area contributed by atoms with Gasteiger partial charge in [-0.25, -0.2) is 4.79 Å². The maximum Gasteiger partial charge on any atom is 0.408 e. The van der Waals surface area contributed by atoms with Crippen molar-refractivity contribution in [3.63, 3.8) is 0 Å². The third kappa shape index (κ3) is 6.34. The number of benzene rings is 2. The third-order valence-electron chi connectivity index (χ3n) is 4.04. The van der Waals surface area contributed by atoms with Crippen molar-refractivity contribution in [1.29, 1.82) is 5.26 Å². The molecule has 8 nitrogen and oxygen atoms in total. The summed E-state index contributed by atoms with van der Waals surface area (Å²) in [7, 11) is 0. The highest BCUT2D eigenvalue weighted by Crippen LogP contribution is 2.23. The second kappa shape index (κ2) is 9.56. The molecule has 0 aliphatic carbocycles. The van der Waals surface area contributed by atoms with Crippen LogP contribution in [0, 0.1) is 21.4 Å². The highest BCUT2D eigenvalue weighted by atomic mass is 16.6. The number of amides is 1. The zero-order chi connectivity index (χ0) is 22.3. The normalized spacial score (nSPS) is 12.9. The van der Waals surface area contributed by atoms with E-state index in [0.717, 1.165) is 5.56 Å². The van der Waals surface area contributed by atoms with Gasteiger partial charge in [-0.15, -0.1) is 0 Å². The Hall–Kier alpha value is -3.86. The Bertz CT molecular complexity index is 971. The molecule has 0 spiro atoms. The molecule has 1 amide bonds. The maximum atomic E-state index is 12.3. The number of nitro benzene ring substituents is 1. The van der Waals surface area contributed by atoms with Crippen LogP contribution >= 0.6 is 0 Å². The van der Waals surface area contributed by atoms with Crippen LogP contribution in [0.15, 0.2) is 60.4 Å². The molecular weight excluding hydrogens is 386 g/mol. The first-order valence-corrected chi connectivity index (χ1v) is 9.22. The molecular formula is C22H23N3O5. The number of non-ortho nitro benzene ring substituents is 1. The molecule has 2 aromatic carbocycles. The molecule has 156 valence electrons. The van der Waals surface area contributed by atoms with Gasteiger partial charge >= 0.3 is 6.09 Å². The van der Waals surface area contributed by atoms with Crippen molar-refractivity contribution in [2.24, 2.45) is 0 Å². The summed E-state index contributed by atoms with van der Waals surface area (Å²) in [5.74, 6) is -0.360. The molecule has 1 atom stereocenters. The second-order valence-electron chi connectivity index (χ2n) is 7.56. The zero-order valence-corrected chi connectivity index (χ0v) is 17.0. The van der Waals surface area contributed by atoms with E-state index < -0.39 is 22.7 Å². The number of nitro groups is 1. The summed E-state index contributed by atoms with van der Waals surface area (Å²) in [5, 5.41) is 33.9. The number of nitrogens with one attached hydrogen (secondary N) is 1. The van der Waals surface area contributed by atoms with Crippen molar-refractivity contribution in [2.75, 3.05) is 0 Å². The number of hydrogen-bond donors (Lipinski definition) is 2. The van der Waals surface area contributed by atoms with Crippen molar-refractivity contribution in [1.82, 2.24) is 5.32 Å². The van der Waals surface area contributed by atoms with E-state index in [4.69, 9.17) is 4.74 Å². The van der Waals surface area contributed by atoms with Gasteiger partial charge < -0.3 is 15.2 Å². The van der Waals surface area contributed by atoms with Crippen LogP contribution < -0.4 is 5.32 Å². The lowest BCUT2D eigenvalue weighted by Gasteiger charge is -2.24. The van der Waals surface area contributed by atoms with E-state index in [1.54, 1.807) is 20.8 Å². The van der Waals surface area contributed by atoms with Crippen LogP contribution in [0.3, 0.4) is 0 Å². The molecule has 0 saturated carbocycles. The average Bonchev–Trinajstić information content (AvgIpc) is 2.67. The fraction of sp³-hybridized carbons (Fsp3) is 0.273. The predicted molar refractivity (Wildman–Crippen MR) is 112 cm³/mol. The molecule has 2 aromatic rings. The molecule has 0 bridgehead atoms. The molecule has 0 aliphatic heterocycles. The van der Waals surface area contributed by atoms with Gasteiger partial charge in [0.1, 0.15) is 17.4 Å². The van der Waals surface area contributed by atoms with Crippen LogP contribution in [0.1, 0.15) is 31.9 Å². The highest BCUT2D eigenvalue weighted by molar-refractivity contribution is 5.80. The minimum absolute atomic E-state index is 0.0955. The smallest absolute Gasteiger partial charge is 0.408 e. The van der Waals surface area contributed by atoms with Gasteiger partial charge in [0.2, 0.25) is 0 Å². The SMILES string of the molecule is CC(C)(C)OC(=O)N[C@H](Cc1ccccc1)/C(O)=C(\C#N)c1ccc([N+](=O)[O-])cc1. The Morgan fingerprint density at radius 2 is 1.80 bits per heavy atom. The number of carbonyl (C=O) groups excluding carboxylic acids is 1. The number of carbonyl (C=O) groups is 1. The Labute approximate surface area is 174 Å². The summed E-state index contributed by atoms with van der Waals surface area (Å²) in [4.78, 5) is 22.6. The van der Waals surface area contributed by atoms with E-state index in [1.165, 1.54) is 24.3 Å². The summed E-state index contributed by atoms with van der Waals surface area (Å²) in [6, 6.07) is 15.4. The third-order valence-corrected chi connectivity index (χ3v) is 4.04. The predicted octanol–water partition coefficient (Wildman–Crippen LogP) is 4.52. The quantitative estimate of drug-likeness (QED) is 0.313. The van der Waals surface area contributed by atoms with Gasteiger partial charge in [0.25, 0.3) is 5.69 Å². The number of aliphatic hydroxyl groups is 1. The number of alkyl carbamates (subject to hydrolysis) is 1. The first-order chi connectivity index (χ1) is 14.1. The van der Waals surface area contributed by atoms with Crippen LogP contribution in [-0.2, 0) is 11.2 Å².